The summed E-state index contributed by atoms with van der Waals surface area (Å²) in [4.78, 5) is 54.5. The summed E-state index contributed by atoms with van der Waals surface area (Å²) in [7, 11) is 1.48. The monoisotopic (exact) mass is 772 g/mol. The van der Waals surface area contributed by atoms with Gasteiger partial charge in [0.05, 0.1) is 35.9 Å². The fourth-order valence-electron chi connectivity index (χ4n) is 9.11. The molecule has 54 heavy (non-hydrogen) atoms. The van der Waals surface area contributed by atoms with Crippen molar-refractivity contribution in [3.63, 3.8) is 0 Å². The lowest BCUT2D eigenvalue weighted by Gasteiger charge is -2.49. The van der Waals surface area contributed by atoms with E-state index in [0.717, 1.165) is 0 Å². The van der Waals surface area contributed by atoms with Crippen molar-refractivity contribution in [2.75, 3.05) is 7.11 Å². The Kier molecular flexibility index (Phi) is 13.9. The van der Waals surface area contributed by atoms with Gasteiger partial charge in [-0.2, -0.15) is 0 Å². The number of hydrogen-bond donors (Lipinski definition) is 4. The first-order chi connectivity index (χ1) is 25.0. The van der Waals surface area contributed by atoms with E-state index in [2.05, 4.69) is 5.32 Å². The molecule has 16 heteroatoms. The third kappa shape index (κ3) is 8.90. The number of nitrogens with one attached hydrogen (secondary N) is 1. The van der Waals surface area contributed by atoms with Gasteiger partial charge in [-0.3, -0.25) is 14.4 Å². The van der Waals surface area contributed by atoms with Crippen LogP contribution in [-0.4, -0.2) is 125 Å². The van der Waals surface area contributed by atoms with E-state index in [0.29, 0.717) is 6.42 Å². The zero-order chi connectivity index (χ0) is 40.7. The summed E-state index contributed by atoms with van der Waals surface area (Å²) in [5.74, 6) is -5.19. The first kappa shape index (κ1) is 44.3. The highest BCUT2D eigenvalue weighted by atomic mass is 16.7. The second kappa shape index (κ2) is 17.0. The molecule has 5 N–H and O–H groups in total. The van der Waals surface area contributed by atoms with Crippen LogP contribution in [0.2, 0.25) is 0 Å². The predicted octanol–water partition coefficient (Wildman–Crippen LogP) is 2.51. The van der Waals surface area contributed by atoms with Gasteiger partial charge in [-0.15, -0.1) is 0 Å². The maximum atomic E-state index is 14.4. The Morgan fingerprint density at radius 3 is 2.20 bits per heavy atom. The fraction of sp³-hybridized carbons (Fsp3) is 0.895. The molecule has 4 rings (SSSR count). The summed E-state index contributed by atoms with van der Waals surface area (Å²) in [5, 5.41) is 25.0. The summed E-state index contributed by atoms with van der Waals surface area (Å²) >= 11 is 0. The van der Waals surface area contributed by atoms with Crippen molar-refractivity contribution < 1.29 is 67.3 Å². The number of nitrogens with two attached hydrogens (primary N) is 1. The molecular weight excluding hydrogens is 708 g/mol. The number of carbonyl (C=O) groups excluding carboxylic acids is 4. The van der Waals surface area contributed by atoms with Gasteiger partial charge in [0.15, 0.2) is 18.2 Å². The number of ketones is 1. The minimum absolute atomic E-state index is 0.0684. The summed E-state index contributed by atoms with van der Waals surface area (Å²) in [6.45, 7) is 18.2. The van der Waals surface area contributed by atoms with Crippen LogP contribution in [0.1, 0.15) is 102 Å². The molecule has 4 aliphatic heterocycles. The summed E-state index contributed by atoms with van der Waals surface area (Å²) in [5.41, 5.74) is 2.20. The van der Waals surface area contributed by atoms with Crippen LogP contribution in [0, 0.1) is 23.7 Å². The Morgan fingerprint density at radius 2 is 1.61 bits per heavy atom. The van der Waals surface area contributed by atoms with Crippen LogP contribution >= 0.6 is 0 Å². The first-order valence-corrected chi connectivity index (χ1v) is 19.2. The number of methoxy groups -OCH3 is 1. The first-order valence-electron chi connectivity index (χ1n) is 19.2. The predicted molar refractivity (Wildman–Crippen MR) is 191 cm³/mol. The van der Waals surface area contributed by atoms with E-state index in [9.17, 15) is 29.4 Å². The molecule has 0 aliphatic carbocycles. The van der Waals surface area contributed by atoms with Crippen molar-refractivity contribution in [1.82, 2.24) is 5.32 Å². The van der Waals surface area contributed by atoms with Crippen molar-refractivity contribution in [3.8, 4) is 0 Å². The fourth-order valence-corrected chi connectivity index (χ4v) is 9.11. The number of ether oxygens (including phenoxy) is 8. The van der Waals surface area contributed by atoms with E-state index < -0.39 is 126 Å². The highest BCUT2D eigenvalue weighted by Gasteiger charge is 2.58. The molecule has 4 heterocycles. The van der Waals surface area contributed by atoms with Gasteiger partial charge in [-0.25, -0.2) is 4.79 Å². The quantitative estimate of drug-likeness (QED) is 0.216. The van der Waals surface area contributed by atoms with E-state index >= 15 is 0 Å². The average Bonchev–Trinajstić information content (AvgIpc) is 3.40. The number of aliphatic hydroxyl groups is 2. The van der Waals surface area contributed by atoms with Gasteiger partial charge < -0.3 is 59.2 Å². The minimum Gasteiger partial charge on any atom is -0.458 e. The van der Waals surface area contributed by atoms with Gasteiger partial charge in [0.25, 0.3) is 0 Å². The van der Waals surface area contributed by atoms with Gasteiger partial charge in [-0.05, 0) is 60.8 Å². The molecule has 0 aromatic rings. The van der Waals surface area contributed by atoms with Gasteiger partial charge in [0.1, 0.15) is 35.8 Å². The Balaban J connectivity index is 1.91. The lowest BCUT2D eigenvalue weighted by atomic mass is 9.73. The van der Waals surface area contributed by atoms with Crippen LogP contribution in [0.25, 0.3) is 0 Å². The van der Waals surface area contributed by atoms with Crippen LogP contribution in [-0.2, 0) is 52.3 Å². The molecule has 0 aromatic carbocycles. The molecule has 0 unspecified atom stereocenters. The number of fused-ring (bicyclic) bond motifs is 1. The number of hydrogen-bond acceptors (Lipinski definition) is 15. The zero-order valence-corrected chi connectivity index (χ0v) is 33.9. The summed E-state index contributed by atoms with van der Waals surface area (Å²) in [6.07, 6.45) is -9.10. The molecular formula is C38H64N2O14. The molecule has 0 radical (unpaired) electrons. The lowest BCUT2D eigenvalue weighted by molar-refractivity contribution is -0.316. The highest BCUT2D eigenvalue weighted by molar-refractivity contribution is 5.85. The van der Waals surface area contributed by atoms with E-state index in [1.54, 1.807) is 69.2 Å². The van der Waals surface area contributed by atoms with Gasteiger partial charge in [0.2, 0.25) is 0 Å². The van der Waals surface area contributed by atoms with E-state index in [4.69, 9.17) is 43.6 Å². The van der Waals surface area contributed by atoms with Crippen molar-refractivity contribution in [2.24, 2.45) is 29.4 Å². The smallest absolute Gasteiger partial charge is 0.408 e. The largest absolute Gasteiger partial charge is 0.458 e. The van der Waals surface area contributed by atoms with Gasteiger partial charge in [-0.1, -0.05) is 27.7 Å². The molecule has 4 fully saturated rings. The molecule has 4 aliphatic rings. The maximum absolute atomic E-state index is 14.4. The Labute approximate surface area is 318 Å². The van der Waals surface area contributed by atoms with Crippen molar-refractivity contribution in [3.05, 3.63) is 0 Å². The minimum atomic E-state index is -1.61. The molecule has 310 valence electrons. The Morgan fingerprint density at radius 1 is 0.963 bits per heavy atom. The number of Topliss-reactive ketones (excluding diaryl/α,β-unsaturated/α-hetero) is 1. The summed E-state index contributed by atoms with van der Waals surface area (Å²) in [6, 6.07) is -1.58. The zero-order valence-electron chi connectivity index (χ0n) is 33.9. The molecule has 0 bridgehead atoms. The number of aliphatic hydroxyl groups excluding tert-OH is 2. The maximum Gasteiger partial charge on any atom is 0.408 e. The van der Waals surface area contributed by atoms with Crippen LogP contribution in [0.15, 0.2) is 0 Å². The second-order valence-corrected chi connectivity index (χ2v) is 16.7. The molecule has 4 saturated heterocycles. The van der Waals surface area contributed by atoms with Gasteiger partial charge in [0, 0.05) is 44.2 Å². The molecule has 0 aromatic heterocycles. The van der Waals surface area contributed by atoms with Crippen molar-refractivity contribution >= 4 is 23.8 Å². The molecule has 0 spiro atoms. The number of rotatable bonds is 7. The van der Waals surface area contributed by atoms with E-state index in [1.807, 2.05) is 0 Å². The molecule has 0 saturated carbocycles. The average molecular weight is 773 g/mol. The van der Waals surface area contributed by atoms with E-state index in [1.165, 1.54) is 14.0 Å². The molecule has 18 atom stereocenters. The molecule has 1 amide bonds. The second-order valence-electron chi connectivity index (χ2n) is 16.7. The molecule has 16 nitrogen and oxygen atoms in total. The highest BCUT2D eigenvalue weighted by Crippen LogP contribution is 2.43. The van der Waals surface area contributed by atoms with Crippen LogP contribution < -0.4 is 11.1 Å². The third-order valence-corrected chi connectivity index (χ3v) is 12.2. The standard InChI is InChI=1S/C38H64N2O14/c1-13-25-38(11)30(40-35(46)54-38)19(4)27(42)17(2)15-37(10,53-23(8)41)32(52-34-28(43)24(39)14-18(3)48-34)20(5)29(21(6)33(45)50-25)51-26-16-36(9,47-12)31(44)22(7)49-26/h17-22,24-26,28-32,34,43-44H,13-16,39H2,1-12H3,(H,40,46)/t17-,18-,19+,20+,21-,22+,24+,25-,26+,28-,29+,30-,31+,32-,34+,36-,37+,38-/m1/s1. The SMILES string of the molecule is CC[C@H]1OC(=O)[C@H](C)[C@@H](O[C@H]2C[C@@](C)(OC)[C@@H](O)[C@H](C)O2)[C@H](C)[C@@H](O[C@@H]2O[C@H](C)C[C@H](N)[C@H]2O)[C@@](C)(OC(C)=O)C[C@@H](C)C(=O)[C@H](C)[C@H]2NC(=O)O[C@@]21C. The number of amides is 1. The number of esters is 2. The number of alkyl carbamates (subject to hydrolysis) is 1. The van der Waals surface area contributed by atoms with Crippen LogP contribution in [0.5, 0.6) is 0 Å². The normalized spacial score (nSPS) is 48.1. The summed E-state index contributed by atoms with van der Waals surface area (Å²) < 4.78 is 49.4. The Hall–Kier alpha value is -2.44. The van der Waals surface area contributed by atoms with Crippen LogP contribution in [0.3, 0.4) is 0 Å². The lowest BCUT2D eigenvalue weighted by Crippen LogP contribution is -2.61. The van der Waals surface area contributed by atoms with E-state index in [-0.39, 0.29) is 25.0 Å². The third-order valence-electron chi connectivity index (χ3n) is 12.2. The van der Waals surface area contributed by atoms with Gasteiger partial charge >= 0.3 is 18.0 Å². The van der Waals surface area contributed by atoms with Crippen molar-refractivity contribution in [1.29, 1.82) is 0 Å². The number of cyclic esters (lactones) is 1. The topological polar surface area (TPSA) is 221 Å². The Bertz CT molecular complexity index is 1370. The van der Waals surface area contributed by atoms with Crippen LogP contribution in [0.4, 0.5) is 4.79 Å². The van der Waals surface area contributed by atoms with Crippen molar-refractivity contribution in [2.45, 2.75) is 186 Å². The number of carbonyl (C=O) groups is 4.